The molecule has 0 unspecified atom stereocenters. The molecule has 100 valence electrons. The number of anilines is 1. The molecule has 0 aliphatic carbocycles. The Morgan fingerprint density at radius 3 is 2.50 bits per heavy atom. The van der Waals surface area contributed by atoms with Crippen LogP contribution in [-0.4, -0.2) is 35.9 Å². The molecule has 1 heterocycles. The maximum atomic E-state index is 10.8. The van der Waals surface area contributed by atoms with Crippen molar-refractivity contribution in [2.24, 2.45) is 10.9 Å². The molecule has 0 aliphatic heterocycles. The third-order valence-electron chi connectivity index (χ3n) is 2.38. The molecule has 0 aromatic carbocycles. The lowest BCUT2D eigenvalue weighted by Gasteiger charge is -2.12. The number of sulfonamides is 1. The van der Waals surface area contributed by atoms with Crippen LogP contribution in [0, 0.1) is 13.8 Å². The molecule has 1 rings (SSSR count). The lowest BCUT2D eigenvalue weighted by Crippen LogP contribution is -2.24. The van der Waals surface area contributed by atoms with Gasteiger partial charge in [0, 0.05) is 6.54 Å². The molecule has 0 amide bonds. The van der Waals surface area contributed by atoms with Crippen LogP contribution in [0.2, 0.25) is 0 Å². The number of aryl methyl sites for hydroxylation is 1. The second-order valence-corrected chi connectivity index (χ2v) is 5.97. The van der Waals surface area contributed by atoms with E-state index in [0.717, 1.165) is 11.3 Å². The van der Waals surface area contributed by atoms with Crippen LogP contribution in [0.3, 0.4) is 0 Å². The highest BCUT2D eigenvalue weighted by Crippen LogP contribution is 2.17. The molecule has 7 nitrogen and oxygen atoms in total. The molecule has 0 bridgehead atoms. The van der Waals surface area contributed by atoms with Crippen molar-refractivity contribution in [3.05, 3.63) is 16.8 Å². The van der Waals surface area contributed by atoms with Gasteiger partial charge in [0.2, 0.25) is 10.0 Å². The van der Waals surface area contributed by atoms with Gasteiger partial charge in [0.25, 0.3) is 0 Å². The Hall–Kier alpha value is -1.32. The van der Waals surface area contributed by atoms with Gasteiger partial charge in [0.05, 0.1) is 17.0 Å². The fourth-order valence-corrected chi connectivity index (χ4v) is 1.98. The molecule has 0 fully saturated rings. The van der Waals surface area contributed by atoms with Crippen LogP contribution in [-0.2, 0) is 10.0 Å². The lowest BCUT2D eigenvalue weighted by molar-refractivity contribution is 0.598. The van der Waals surface area contributed by atoms with Crippen LogP contribution in [0.4, 0.5) is 5.82 Å². The quantitative estimate of drug-likeness (QED) is 0.620. The zero-order chi connectivity index (χ0) is 13.9. The molecular weight excluding hydrogens is 274 g/mol. The topological polar surface area (TPSA) is 124 Å². The van der Waals surface area contributed by atoms with E-state index in [1.807, 2.05) is 6.92 Å². The first-order valence-corrected chi connectivity index (χ1v) is 7.22. The monoisotopic (exact) mass is 289 g/mol. The van der Waals surface area contributed by atoms with Crippen molar-refractivity contribution in [1.29, 1.82) is 0 Å². The van der Waals surface area contributed by atoms with E-state index in [-0.39, 0.29) is 17.3 Å². The Bertz CT molecular complexity index is 571. The average molecular weight is 289 g/mol. The molecule has 0 saturated carbocycles. The summed E-state index contributed by atoms with van der Waals surface area (Å²) in [6, 6.07) is 0. The first-order chi connectivity index (χ1) is 8.22. The number of nitrogens with zero attached hydrogens (tertiary/aromatic N) is 2. The standard InChI is InChI=1S/C9H15N5O2S2/c1-5-6(2)13-14-9(7(5)8(10)17)12-3-4-18(11,15)16/h3-4H2,1-2H3,(H2,10,17)(H,12,14)(H2,11,15,16). The van der Waals surface area contributed by atoms with Gasteiger partial charge in [0.1, 0.15) is 4.99 Å². The van der Waals surface area contributed by atoms with E-state index in [4.69, 9.17) is 23.1 Å². The predicted octanol–water partition coefficient (Wildman–Crippen LogP) is -0.572. The summed E-state index contributed by atoms with van der Waals surface area (Å²) >= 11 is 4.95. The first-order valence-electron chi connectivity index (χ1n) is 5.10. The third kappa shape index (κ3) is 3.86. The molecule has 18 heavy (non-hydrogen) atoms. The molecule has 0 saturated heterocycles. The Balaban J connectivity index is 2.96. The molecule has 1 aromatic rings. The molecule has 0 spiro atoms. The second kappa shape index (κ2) is 5.55. The summed E-state index contributed by atoms with van der Waals surface area (Å²) in [4.78, 5) is 0.184. The summed E-state index contributed by atoms with van der Waals surface area (Å²) in [5.41, 5.74) is 7.73. The van der Waals surface area contributed by atoms with Crippen molar-refractivity contribution in [3.63, 3.8) is 0 Å². The van der Waals surface area contributed by atoms with Crippen molar-refractivity contribution in [2.75, 3.05) is 17.6 Å². The Labute approximate surface area is 111 Å². The van der Waals surface area contributed by atoms with E-state index < -0.39 is 10.0 Å². The van der Waals surface area contributed by atoms with Gasteiger partial charge < -0.3 is 11.1 Å². The minimum Gasteiger partial charge on any atom is -0.389 e. The van der Waals surface area contributed by atoms with E-state index in [2.05, 4.69) is 15.5 Å². The number of hydrogen-bond donors (Lipinski definition) is 3. The summed E-state index contributed by atoms with van der Waals surface area (Å²) in [6.45, 7) is 3.73. The summed E-state index contributed by atoms with van der Waals surface area (Å²) in [5, 5.41) is 15.6. The number of nitrogens with one attached hydrogen (secondary N) is 1. The first kappa shape index (κ1) is 14.7. The average Bonchev–Trinajstić information content (AvgIpc) is 2.21. The minimum absolute atomic E-state index is 0.117. The smallest absolute Gasteiger partial charge is 0.210 e. The van der Waals surface area contributed by atoms with Gasteiger partial charge in [-0.1, -0.05) is 12.2 Å². The van der Waals surface area contributed by atoms with Crippen LogP contribution >= 0.6 is 12.2 Å². The van der Waals surface area contributed by atoms with Gasteiger partial charge in [-0.25, -0.2) is 13.6 Å². The van der Waals surface area contributed by atoms with Gasteiger partial charge in [-0.15, -0.1) is 5.10 Å². The van der Waals surface area contributed by atoms with E-state index in [0.29, 0.717) is 11.4 Å². The lowest BCUT2D eigenvalue weighted by atomic mass is 10.1. The largest absolute Gasteiger partial charge is 0.389 e. The summed E-state index contributed by atoms with van der Waals surface area (Å²) in [5.74, 6) is 0.160. The Morgan fingerprint density at radius 2 is 2.00 bits per heavy atom. The molecule has 5 N–H and O–H groups in total. The van der Waals surface area contributed by atoms with Crippen LogP contribution in [0.25, 0.3) is 0 Å². The zero-order valence-electron chi connectivity index (χ0n) is 10.1. The van der Waals surface area contributed by atoms with Crippen molar-refractivity contribution in [3.8, 4) is 0 Å². The normalized spacial score (nSPS) is 11.3. The van der Waals surface area contributed by atoms with Crippen LogP contribution in [0.5, 0.6) is 0 Å². The van der Waals surface area contributed by atoms with Crippen molar-refractivity contribution in [2.45, 2.75) is 13.8 Å². The fourth-order valence-electron chi connectivity index (χ4n) is 1.35. The van der Waals surface area contributed by atoms with Crippen molar-refractivity contribution >= 4 is 33.0 Å². The highest BCUT2D eigenvalue weighted by molar-refractivity contribution is 7.89. The van der Waals surface area contributed by atoms with Crippen molar-refractivity contribution in [1.82, 2.24) is 10.2 Å². The van der Waals surface area contributed by atoms with Crippen LogP contribution in [0.1, 0.15) is 16.8 Å². The summed E-state index contributed by atoms with van der Waals surface area (Å²) < 4.78 is 21.6. The number of aromatic nitrogens is 2. The van der Waals surface area contributed by atoms with Gasteiger partial charge in [-0.3, -0.25) is 0 Å². The minimum atomic E-state index is -3.52. The maximum absolute atomic E-state index is 10.8. The predicted molar refractivity (Wildman–Crippen MR) is 73.9 cm³/mol. The van der Waals surface area contributed by atoms with E-state index >= 15 is 0 Å². The van der Waals surface area contributed by atoms with Gasteiger partial charge in [0.15, 0.2) is 5.82 Å². The summed E-state index contributed by atoms with van der Waals surface area (Å²) in [7, 11) is -3.52. The highest BCUT2D eigenvalue weighted by Gasteiger charge is 2.13. The molecule has 0 atom stereocenters. The molecule has 0 aliphatic rings. The third-order valence-corrected chi connectivity index (χ3v) is 3.36. The Kier molecular flexibility index (Phi) is 4.54. The van der Waals surface area contributed by atoms with Gasteiger partial charge in [-0.2, -0.15) is 5.10 Å². The zero-order valence-corrected chi connectivity index (χ0v) is 11.7. The van der Waals surface area contributed by atoms with E-state index in [9.17, 15) is 8.42 Å². The van der Waals surface area contributed by atoms with Gasteiger partial charge >= 0.3 is 0 Å². The number of rotatable bonds is 5. The SMILES string of the molecule is Cc1nnc(NCCS(N)(=O)=O)c(C(N)=S)c1C. The highest BCUT2D eigenvalue weighted by atomic mass is 32.2. The Morgan fingerprint density at radius 1 is 1.39 bits per heavy atom. The number of thiocarbonyl (C=S) groups is 1. The van der Waals surface area contributed by atoms with Crippen LogP contribution in [0.15, 0.2) is 0 Å². The fraction of sp³-hybridized carbons (Fsp3) is 0.444. The molecule has 9 heteroatoms. The number of nitrogens with two attached hydrogens (primary N) is 2. The van der Waals surface area contributed by atoms with E-state index in [1.54, 1.807) is 6.92 Å². The number of hydrogen-bond acceptors (Lipinski definition) is 6. The second-order valence-electron chi connectivity index (χ2n) is 3.79. The van der Waals surface area contributed by atoms with Crippen molar-refractivity contribution < 1.29 is 8.42 Å². The summed E-state index contributed by atoms with van der Waals surface area (Å²) in [6.07, 6.45) is 0. The van der Waals surface area contributed by atoms with Crippen LogP contribution < -0.4 is 16.2 Å². The number of primary sulfonamides is 1. The molecule has 0 radical (unpaired) electrons. The maximum Gasteiger partial charge on any atom is 0.210 e. The molecule has 1 aromatic heterocycles. The molecular formula is C9H15N5O2S2. The van der Waals surface area contributed by atoms with Gasteiger partial charge in [-0.05, 0) is 19.4 Å². The van der Waals surface area contributed by atoms with E-state index in [1.165, 1.54) is 0 Å².